The van der Waals surface area contributed by atoms with E-state index >= 15 is 0 Å². The molecule has 2 amide bonds. The van der Waals surface area contributed by atoms with Gasteiger partial charge in [0.15, 0.2) is 0 Å². The molecule has 0 fully saturated rings. The van der Waals surface area contributed by atoms with Crippen molar-refractivity contribution in [2.24, 2.45) is 0 Å². The van der Waals surface area contributed by atoms with Crippen molar-refractivity contribution in [2.45, 2.75) is 6.92 Å². The Kier molecular flexibility index (Phi) is 6.25. The zero-order valence-electron chi connectivity index (χ0n) is 11.3. The first-order chi connectivity index (χ1) is 9.49. The summed E-state index contributed by atoms with van der Waals surface area (Å²) in [4.78, 5) is 22.3. The molecule has 0 aliphatic heterocycles. The molecule has 6 heteroatoms. The van der Waals surface area contributed by atoms with Gasteiger partial charge in [-0.3, -0.25) is 0 Å². The van der Waals surface area contributed by atoms with Gasteiger partial charge in [0.25, 0.3) is 0 Å². The Morgan fingerprint density at radius 3 is 2.80 bits per heavy atom. The van der Waals surface area contributed by atoms with Gasteiger partial charge in [-0.25, -0.2) is 9.59 Å². The Balaban J connectivity index is 2.33. The quantitative estimate of drug-likeness (QED) is 0.526. The van der Waals surface area contributed by atoms with Crippen LogP contribution in [0, 0.1) is 0 Å². The van der Waals surface area contributed by atoms with Crippen molar-refractivity contribution in [1.82, 2.24) is 5.32 Å². The number of urea groups is 1. The van der Waals surface area contributed by atoms with E-state index in [-0.39, 0.29) is 5.56 Å². The van der Waals surface area contributed by atoms with Crippen LogP contribution in [0.15, 0.2) is 36.4 Å². The third-order valence-electron chi connectivity index (χ3n) is 2.25. The number of amides is 2. The maximum Gasteiger partial charge on any atom is 0.335 e. The fraction of sp³-hybridized carbons (Fsp3) is 0.286. The van der Waals surface area contributed by atoms with E-state index in [0.29, 0.717) is 25.4 Å². The average molecular weight is 278 g/mol. The minimum absolute atomic E-state index is 0.118. The highest BCUT2D eigenvalue weighted by molar-refractivity contribution is 5.93. The third-order valence-corrected chi connectivity index (χ3v) is 2.25. The number of carbonyl (C=O) groups is 2. The lowest BCUT2D eigenvalue weighted by Crippen LogP contribution is -2.31. The molecule has 20 heavy (non-hydrogen) atoms. The van der Waals surface area contributed by atoms with Crippen molar-refractivity contribution in [2.75, 3.05) is 25.1 Å². The molecule has 0 saturated heterocycles. The van der Waals surface area contributed by atoms with E-state index in [1.807, 2.05) is 6.92 Å². The highest BCUT2D eigenvalue weighted by Gasteiger charge is 2.05. The van der Waals surface area contributed by atoms with Crippen LogP contribution in [0.2, 0.25) is 0 Å². The molecule has 0 aliphatic carbocycles. The maximum atomic E-state index is 11.5. The summed E-state index contributed by atoms with van der Waals surface area (Å²) in [5.74, 6) is -1.04. The van der Waals surface area contributed by atoms with Gasteiger partial charge in [0.2, 0.25) is 0 Å². The monoisotopic (exact) mass is 278 g/mol. The van der Waals surface area contributed by atoms with Gasteiger partial charge >= 0.3 is 12.0 Å². The Bertz CT molecular complexity index is 500. The molecule has 1 aromatic carbocycles. The molecular weight excluding hydrogens is 260 g/mol. The summed E-state index contributed by atoms with van der Waals surface area (Å²) in [6.07, 6.45) is 0. The van der Waals surface area contributed by atoms with E-state index in [1.54, 1.807) is 12.1 Å². The lowest BCUT2D eigenvalue weighted by atomic mass is 10.2. The molecule has 3 N–H and O–H groups in total. The predicted molar refractivity (Wildman–Crippen MR) is 76.1 cm³/mol. The van der Waals surface area contributed by atoms with Crippen LogP contribution >= 0.6 is 0 Å². The second-order valence-corrected chi connectivity index (χ2v) is 4.28. The molecule has 0 unspecified atom stereocenters. The van der Waals surface area contributed by atoms with Crippen LogP contribution < -0.4 is 10.6 Å². The van der Waals surface area contributed by atoms with Crippen LogP contribution in [0.3, 0.4) is 0 Å². The van der Waals surface area contributed by atoms with E-state index in [9.17, 15) is 9.59 Å². The summed E-state index contributed by atoms with van der Waals surface area (Å²) in [5.41, 5.74) is 1.46. The molecule has 0 atom stereocenters. The van der Waals surface area contributed by atoms with Crippen molar-refractivity contribution in [3.05, 3.63) is 42.0 Å². The average Bonchev–Trinajstić information content (AvgIpc) is 2.38. The number of carboxylic acid groups (broad SMARTS) is 1. The van der Waals surface area contributed by atoms with Gasteiger partial charge < -0.3 is 20.5 Å². The summed E-state index contributed by atoms with van der Waals surface area (Å²) >= 11 is 0. The first kappa shape index (κ1) is 15.7. The van der Waals surface area contributed by atoms with Gasteiger partial charge in [-0.1, -0.05) is 18.2 Å². The van der Waals surface area contributed by atoms with Crippen molar-refractivity contribution in [3.63, 3.8) is 0 Å². The fourth-order valence-corrected chi connectivity index (χ4v) is 1.39. The van der Waals surface area contributed by atoms with E-state index in [4.69, 9.17) is 9.84 Å². The Hall–Kier alpha value is -2.34. The molecule has 0 bridgehead atoms. The molecule has 0 radical (unpaired) electrons. The van der Waals surface area contributed by atoms with Gasteiger partial charge in [0.1, 0.15) is 0 Å². The van der Waals surface area contributed by atoms with Gasteiger partial charge in [-0.2, -0.15) is 0 Å². The van der Waals surface area contributed by atoms with Gasteiger partial charge in [0.05, 0.1) is 18.8 Å². The van der Waals surface area contributed by atoms with Crippen LogP contribution in [0.25, 0.3) is 0 Å². The van der Waals surface area contributed by atoms with E-state index in [2.05, 4.69) is 17.2 Å². The van der Waals surface area contributed by atoms with Crippen LogP contribution in [-0.4, -0.2) is 36.9 Å². The minimum Gasteiger partial charge on any atom is -0.478 e. The summed E-state index contributed by atoms with van der Waals surface area (Å²) in [6.45, 7) is 6.76. The number of nitrogens with one attached hydrogen (secondary N) is 2. The van der Waals surface area contributed by atoms with Crippen molar-refractivity contribution in [1.29, 1.82) is 0 Å². The molecule has 0 aliphatic rings. The number of hydrogen-bond acceptors (Lipinski definition) is 3. The number of benzene rings is 1. The molecule has 1 aromatic rings. The number of carboxylic acids is 1. The molecular formula is C14H18N2O4. The molecule has 0 saturated carbocycles. The molecule has 0 spiro atoms. The van der Waals surface area contributed by atoms with E-state index < -0.39 is 12.0 Å². The first-order valence-electron chi connectivity index (χ1n) is 6.09. The van der Waals surface area contributed by atoms with Crippen LogP contribution in [0.1, 0.15) is 17.3 Å². The number of aromatic carboxylic acids is 1. The topological polar surface area (TPSA) is 87.7 Å². The normalized spacial score (nSPS) is 9.85. The van der Waals surface area contributed by atoms with Gasteiger partial charge in [-0.15, -0.1) is 0 Å². The first-order valence-corrected chi connectivity index (χ1v) is 6.09. The summed E-state index contributed by atoms with van der Waals surface area (Å²) in [6, 6.07) is 5.61. The number of ether oxygens (including phenoxy) is 1. The van der Waals surface area contributed by atoms with Crippen molar-refractivity contribution < 1.29 is 19.4 Å². The standard InChI is InChI=1S/C14H18N2O4/c1-10(2)9-20-7-6-15-14(19)16-12-5-3-4-11(8-12)13(17)18/h3-5,8H,1,6-7,9H2,2H3,(H,17,18)(H2,15,16,19). The molecule has 108 valence electrons. The van der Waals surface area contributed by atoms with Gasteiger partial charge in [-0.05, 0) is 25.1 Å². The Morgan fingerprint density at radius 1 is 1.40 bits per heavy atom. The minimum atomic E-state index is -1.04. The molecule has 6 nitrogen and oxygen atoms in total. The van der Waals surface area contributed by atoms with Crippen molar-refractivity contribution >= 4 is 17.7 Å². The second-order valence-electron chi connectivity index (χ2n) is 4.28. The van der Waals surface area contributed by atoms with Gasteiger partial charge in [0, 0.05) is 12.2 Å². The zero-order valence-corrected chi connectivity index (χ0v) is 11.3. The summed E-state index contributed by atoms with van der Waals surface area (Å²) in [5, 5.41) is 14.0. The second kappa shape index (κ2) is 7.96. The molecule has 0 aromatic heterocycles. The van der Waals surface area contributed by atoms with Crippen molar-refractivity contribution in [3.8, 4) is 0 Å². The van der Waals surface area contributed by atoms with Crippen LogP contribution in [-0.2, 0) is 4.74 Å². The predicted octanol–water partition coefficient (Wildman–Crippen LogP) is 2.10. The molecule has 1 rings (SSSR count). The molecule has 0 heterocycles. The highest BCUT2D eigenvalue weighted by Crippen LogP contribution is 2.10. The van der Waals surface area contributed by atoms with E-state index in [1.165, 1.54) is 12.1 Å². The number of hydrogen-bond donors (Lipinski definition) is 3. The number of carbonyl (C=O) groups excluding carboxylic acids is 1. The third kappa shape index (κ3) is 6.01. The summed E-state index contributed by atoms with van der Waals surface area (Å²) < 4.78 is 5.23. The van der Waals surface area contributed by atoms with Crippen LogP contribution in [0.5, 0.6) is 0 Å². The van der Waals surface area contributed by atoms with E-state index in [0.717, 1.165) is 5.57 Å². The number of rotatable bonds is 7. The lowest BCUT2D eigenvalue weighted by molar-refractivity contribution is 0.0697. The summed E-state index contributed by atoms with van der Waals surface area (Å²) in [7, 11) is 0. The largest absolute Gasteiger partial charge is 0.478 e. The Labute approximate surface area is 117 Å². The van der Waals surface area contributed by atoms with Crippen LogP contribution in [0.4, 0.5) is 10.5 Å². The zero-order chi connectivity index (χ0) is 15.0. The fourth-order valence-electron chi connectivity index (χ4n) is 1.39. The highest BCUT2D eigenvalue weighted by atomic mass is 16.5. The SMILES string of the molecule is C=C(C)COCCNC(=O)Nc1cccc(C(=O)O)c1. The lowest BCUT2D eigenvalue weighted by Gasteiger charge is -2.08. The smallest absolute Gasteiger partial charge is 0.335 e. The Morgan fingerprint density at radius 2 is 2.15 bits per heavy atom. The maximum absolute atomic E-state index is 11.5. The number of anilines is 1.